The van der Waals surface area contributed by atoms with Gasteiger partial charge in [-0.15, -0.1) is 0 Å². The minimum absolute atomic E-state index is 0.991. The zero-order chi connectivity index (χ0) is 13.4. The van der Waals surface area contributed by atoms with Crippen LogP contribution in [0.25, 0.3) is 10.9 Å². The fraction of sp³-hybridized carbons (Fsp3) is 0.154. The predicted octanol–water partition coefficient (Wildman–Crippen LogP) is 2.03. The molecule has 1 aromatic heterocycles. The lowest BCUT2D eigenvalue weighted by atomic mass is 10.1. The third kappa shape index (κ3) is 4.10. The van der Waals surface area contributed by atoms with Crippen LogP contribution in [0.3, 0.4) is 0 Å². The minimum Gasteiger partial charge on any atom is -0.396 e. The summed E-state index contributed by atoms with van der Waals surface area (Å²) < 4.78 is 0. The summed E-state index contributed by atoms with van der Waals surface area (Å²) in [6, 6.07) is 10.1. The first kappa shape index (κ1) is 14.1. The maximum atomic E-state index is 4.54. The van der Waals surface area contributed by atoms with E-state index >= 15 is 0 Å². The van der Waals surface area contributed by atoms with Crippen LogP contribution in [-0.4, -0.2) is 35.8 Å². The number of aromatic nitrogens is 1. The number of rotatable bonds is 2. The van der Waals surface area contributed by atoms with Gasteiger partial charge in [0.05, 0.1) is 17.2 Å². The van der Waals surface area contributed by atoms with Crippen LogP contribution in [0.2, 0.25) is 0 Å². The van der Waals surface area contributed by atoms with Gasteiger partial charge in [0.2, 0.25) is 0 Å². The Morgan fingerprint density at radius 1 is 1.28 bits per heavy atom. The van der Waals surface area contributed by atoms with Crippen molar-refractivity contribution in [3.05, 3.63) is 42.1 Å². The summed E-state index contributed by atoms with van der Waals surface area (Å²) in [4.78, 5) is 4.35. The van der Waals surface area contributed by atoms with E-state index in [1.54, 1.807) is 11.2 Å². The molecule has 0 radical (unpaired) electrons. The van der Waals surface area contributed by atoms with Crippen LogP contribution in [0.5, 0.6) is 0 Å². The van der Waals surface area contributed by atoms with Crippen LogP contribution in [-0.2, 0) is 0 Å². The third-order valence-corrected chi connectivity index (χ3v) is 2.09. The van der Waals surface area contributed by atoms with E-state index in [9.17, 15) is 0 Å². The highest BCUT2D eigenvalue weighted by atomic mass is 32.1. The molecule has 0 atom stereocenters. The van der Waals surface area contributed by atoms with Crippen molar-refractivity contribution in [1.29, 1.82) is 0 Å². The lowest BCUT2D eigenvalue weighted by molar-refractivity contribution is 0.440. The van der Waals surface area contributed by atoms with E-state index in [2.05, 4.69) is 40.2 Å². The second-order valence-electron chi connectivity index (χ2n) is 3.65. The van der Waals surface area contributed by atoms with E-state index in [-0.39, 0.29) is 0 Å². The molecule has 5 heteroatoms. The lowest BCUT2D eigenvalue weighted by Crippen LogP contribution is -2.02. The molecular formula is C13H16N4S. The largest absolute Gasteiger partial charge is 0.396 e. The number of hydrazone groups is 1. The Morgan fingerprint density at radius 3 is 2.61 bits per heavy atom. The van der Waals surface area contributed by atoms with Crippen LogP contribution < -0.4 is 5.73 Å². The van der Waals surface area contributed by atoms with Crippen molar-refractivity contribution in [3.8, 4) is 0 Å². The third-order valence-electron chi connectivity index (χ3n) is 2.09. The second-order valence-corrected chi connectivity index (χ2v) is 3.92. The molecule has 18 heavy (non-hydrogen) atoms. The molecule has 2 rings (SSSR count). The number of hydrogen-bond acceptors (Lipinski definition) is 4. The molecule has 0 fully saturated rings. The normalized spacial score (nSPS) is 9.89. The highest BCUT2D eigenvalue weighted by Crippen LogP contribution is 2.13. The van der Waals surface area contributed by atoms with Gasteiger partial charge in [-0.1, -0.05) is 36.5 Å². The molecule has 2 N–H and O–H groups in total. The molecule has 0 unspecified atom stereocenters. The predicted molar refractivity (Wildman–Crippen MR) is 80.9 cm³/mol. The number of nitrogens with zero attached hydrogens (tertiary/aromatic N) is 3. The summed E-state index contributed by atoms with van der Waals surface area (Å²) in [6.45, 7) is 0. The van der Waals surface area contributed by atoms with Gasteiger partial charge in [0.1, 0.15) is 0 Å². The SMILES string of the molecule is CN(C)N=Cc1cccc2cccnc12.NC=S. The van der Waals surface area contributed by atoms with E-state index in [1.807, 2.05) is 38.5 Å². The fourth-order valence-electron chi connectivity index (χ4n) is 1.41. The van der Waals surface area contributed by atoms with Crippen molar-refractivity contribution < 1.29 is 0 Å². The smallest absolute Gasteiger partial charge is 0.0790 e. The van der Waals surface area contributed by atoms with Gasteiger partial charge in [0, 0.05) is 31.2 Å². The first-order chi connectivity index (χ1) is 8.69. The fourth-order valence-corrected chi connectivity index (χ4v) is 1.41. The van der Waals surface area contributed by atoms with E-state index in [0.29, 0.717) is 0 Å². The monoisotopic (exact) mass is 260 g/mol. The molecule has 0 saturated heterocycles. The zero-order valence-electron chi connectivity index (χ0n) is 10.4. The summed E-state index contributed by atoms with van der Waals surface area (Å²) in [5.41, 5.74) is 7.66. The molecule has 2 aromatic rings. The van der Waals surface area contributed by atoms with Crippen LogP contribution >= 0.6 is 12.2 Å². The molecule has 0 spiro atoms. The maximum Gasteiger partial charge on any atom is 0.0790 e. The van der Waals surface area contributed by atoms with Gasteiger partial charge in [0.15, 0.2) is 0 Å². The van der Waals surface area contributed by atoms with E-state index < -0.39 is 0 Å². The highest BCUT2D eigenvalue weighted by molar-refractivity contribution is 7.78. The molecular weight excluding hydrogens is 244 g/mol. The van der Waals surface area contributed by atoms with Gasteiger partial charge in [-0.3, -0.25) is 4.98 Å². The van der Waals surface area contributed by atoms with Crippen molar-refractivity contribution in [3.63, 3.8) is 0 Å². The second kappa shape index (κ2) is 7.34. The molecule has 4 nitrogen and oxygen atoms in total. The van der Waals surface area contributed by atoms with Crippen molar-refractivity contribution in [2.75, 3.05) is 14.1 Å². The van der Waals surface area contributed by atoms with Crippen LogP contribution in [0.4, 0.5) is 0 Å². The van der Waals surface area contributed by atoms with Crippen LogP contribution in [0.1, 0.15) is 5.56 Å². The zero-order valence-corrected chi connectivity index (χ0v) is 11.3. The van der Waals surface area contributed by atoms with Gasteiger partial charge in [0.25, 0.3) is 0 Å². The van der Waals surface area contributed by atoms with Gasteiger partial charge >= 0.3 is 0 Å². The molecule has 1 aromatic carbocycles. The van der Waals surface area contributed by atoms with Crippen molar-refractivity contribution in [2.45, 2.75) is 0 Å². The molecule has 0 saturated carbocycles. The number of nitrogens with two attached hydrogens (primary N) is 1. The Balaban J connectivity index is 0.000000492. The molecule has 1 heterocycles. The minimum atomic E-state index is 0.991. The Bertz CT molecular complexity index is 532. The summed E-state index contributed by atoms with van der Waals surface area (Å²) >= 11 is 4.05. The number of pyridine rings is 1. The van der Waals surface area contributed by atoms with E-state index in [0.717, 1.165) is 22.0 Å². The molecule has 0 aliphatic heterocycles. The average Bonchev–Trinajstić information content (AvgIpc) is 2.37. The van der Waals surface area contributed by atoms with Crippen LogP contribution in [0, 0.1) is 0 Å². The Kier molecular flexibility index (Phi) is 5.73. The Hall–Kier alpha value is -2.01. The molecule has 0 amide bonds. The van der Waals surface area contributed by atoms with Crippen molar-refractivity contribution in [2.24, 2.45) is 10.8 Å². The molecule has 0 bridgehead atoms. The topological polar surface area (TPSA) is 54.5 Å². The first-order valence-corrected chi connectivity index (χ1v) is 5.86. The van der Waals surface area contributed by atoms with E-state index in [1.165, 1.54) is 0 Å². The maximum absolute atomic E-state index is 4.54. The number of benzene rings is 1. The Labute approximate surface area is 112 Å². The van der Waals surface area contributed by atoms with Crippen molar-refractivity contribution in [1.82, 2.24) is 9.99 Å². The van der Waals surface area contributed by atoms with E-state index in [4.69, 9.17) is 0 Å². The standard InChI is InChI=1S/C12H13N3.CH3NS/c1-15(2)14-9-11-6-3-5-10-7-4-8-13-12(10)11;2-1-3/h3-9H,1-2H3;1H,(H2,2,3). The van der Waals surface area contributed by atoms with Gasteiger partial charge in [-0.25, -0.2) is 0 Å². The number of hydrogen-bond donors (Lipinski definition) is 1. The van der Waals surface area contributed by atoms with Gasteiger partial charge in [-0.05, 0) is 6.07 Å². The van der Waals surface area contributed by atoms with Crippen molar-refractivity contribution >= 4 is 34.8 Å². The molecule has 0 aliphatic rings. The van der Waals surface area contributed by atoms with Crippen LogP contribution in [0.15, 0.2) is 41.6 Å². The number of thiocarbonyl (C=S) groups is 1. The molecule has 0 aliphatic carbocycles. The number of fused-ring (bicyclic) bond motifs is 1. The summed E-state index contributed by atoms with van der Waals surface area (Å²) in [6.07, 6.45) is 3.63. The average molecular weight is 260 g/mol. The van der Waals surface area contributed by atoms with Gasteiger partial charge < -0.3 is 10.7 Å². The number of para-hydroxylation sites is 1. The first-order valence-electron chi connectivity index (χ1n) is 5.39. The Morgan fingerprint density at radius 2 is 1.94 bits per heavy atom. The summed E-state index contributed by atoms with van der Waals surface area (Å²) in [5.74, 6) is 0. The quantitative estimate of drug-likeness (QED) is 0.510. The highest BCUT2D eigenvalue weighted by Gasteiger charge is 1.98. The van der Waals surface area contributed by atoms with Gasteiger partial charge in [-0.2, -0.15) is 5.10 Å². The summed E-state index contributed by atoms with van der Waals surface area (Å²) in [7, 11) is 3.80. The molecule has 94 valence electrons. The lowest BCUT2D eigenvalue weighted by Gasteiger charge is -2.04. The summed E-state index contributed by atoms with van der Waals surface area (Å²) in [5, 5.41) is 7.12.